The van der Waals surface area contributed by atoms with Crippen molar-refractivity contribution in [1.82, 2.24) is 34.2 Å². The average Bonchev–Trinajstić information content (AvgIpc) is 3.82. The number of rotatable bonds is 5. The van der Waals surface area contributed by atoms with E-state index >= 15 is 0 Å². The van der Waals surface area contributed by atoms with Crippen LogP contribution in [0.2, 0.25) is 0 Å². The smallest absolute Gasteiger partial charge is 0.255 e. The van der Waals surface area contributed by atoms with Crippen LogP contribution in [-0.2, 0) is 13.0 Å². The molecule has 2 aromatic carbocycles. The number of aromatic nitrogens is 6. The van der Waals surface area contributed by atoms with Crippen molar-refractivity contribution in [1.29, 1.82) is 0 Å². The zero-order valence-electron chi connectivity index (χ0n) is 22.8. The first-order chi connectivity index (χ1) is 21.0. The highest BCUT2D eigenvalue weighted by atomic mass is 16.3. The van der Waals surface area contributed by atoms with Crippen LogP contribution in [0, 0.1) is 0 Å². The Labute approximate surface area is 244 Å². The number of nitrogens with zero attached hydrogens (tertiary/aromatic N) is 7. The van der Waals surface area contributed by atoms with Gasteiger partial charge in [0.15, 0.2) is 23.6 Å². The molecule has 11 heteroatoms. The van der Waals surface area contributed by atoms with E-state index in [0.29, 0.717) is 52.6 Å². The molecule has 3 N–H and O–H groups in total. The van der Waals surface area contributed by atoms with Gasteiger partial charge in [0.2, 0.25) is 0 Å². The van der Waals surface area contributed by atoms with Crippen molar-refractivity contribution in [3.05, 3.63) is 107 Å². The van der Waals surface area contributed by atoms with Gasteiger partial charge < -0.3 is 15.7 Å². The number of pyridine rings is 2. The number of hydrogen-bond acceptors (Lipinski definition) is 8. The van der Waals surface area contributed by atoms with E-state index in [0.717, 1.165) is 35.2 Å². The molecule has 1 amide bonds. The van der Waals surface area contributed by atoms with E-state index < -0.39 is 0 Å². The average molecular weight is 569 g/mol. The molecule has 8 rings (SSSR count). The minimum absolute atomic E-state index is 0.109. The van der Waals surface area contributed by atoms with E-state index in [4.69, 9.17) is 15.7 Å². The second kappa shape index (κ2) is 9.35. The Balaban J connectivity index is 1.23. The zero-order chi connectivity index (χ0) is 29.2. The number of hydrogen-bond donors (Lipinski definition) is 2. The number of fused-ring (bicyclic) bond motifs is 3. The second-order valence-corrected chi connectivity index (χ2v) is 10.7. The monoisotopic (exact) mass is 568 g/mol. The molecule has 0 unspecified atom stereocenters. The van der Waals surface area contributed by atoms with Crippen molar-refractivity contribution < 1.29 is 14.7 Å². The van der Waals surface area contributed by atoms with Crippen molar-refractivity contribution >= 4 is 29.2 Å². The number of nitrogens with two attached hydrogens (primary N) is 1. The lowest BCUT2D eigenvalue weighted by Crippen LogP contribution is -2.27. The minimum atomic E-state index is -0.134. The van der Waals surface area contributed by atoms with Crippen LogP contribution in [0.15, 0.2) is 79.3 Å². The molecule has 1 atom stereocenters. The summed E-state index contributed by atoms with van der Waals surface area (Å²) in [6.07, 6.45) is 7.30. The summed E-state index contributed by atoms with van der Waals surface area (Å²) < 4.78 is 3.69. The highest BCUT2D eigenvalue weighted by Crippen LogP contribution is 2.42. The van der Waals surface area contributed by atoms with Gasteiger partial charge in [0.25, 0.3) is 5.91 Å². The van der Waals surface area contributed by atoms with Gasteiger partial charge in [-0.05, 0) is 84.1 Å². The van der Waals surface area contributed by atoms with E-state index in [1.54, 1.807) is 17.1 Å². The number of benzene rings is 2. The van der Waals surface area contributed by atoms with Gasteiger partial charge in [-0.3, -0.25) is 14.2 Å². The van der Waals surface area contributed by atoms with E-state index in [9.17, 15) is 14.7 Å². The zero-order valence-corrected chi connectivity index (χ0v) is 22.8. The Kier molecular flexibility index (Phi) is 5.42. The number of carbonyl (C=O) groups is 2. The molecule has 1 aliphatic heterocycles. The lowest BCUT2D eigenvalue weighted by Gasteiger charge is -2.25. The number of amides is 1. The third kappa shape index (κ3) is 3.82. The molecule has 43 heavy (non-hydrogen) atoms. The standard InChI is InChI=1S/C32H24N8O3/c33-29-23(3-1-10-34-29)30-36-25-7-9-28(39-12-2-11-35-39)37-31(25)40(30)21-5-6-22-18(13-21)4-8-26(22)38-16-19-15-27(42)20(17-41)14-24(19)32(38)43/h1-3,5-7,9-15,17,26,42H,4,8,16H2,(H2,33,34)/t26-/m0/s1. The molecular formula is C32H24N8O3. The van der Waals surface area contributed by atoms with Gasteiger partial charge in [-0.15, -0.1) is 0 Å². The lowest BCUT2D eigenvalue weighted by molar-refractivity contribution is 0.0701. The van der Waals surface area contributed by atoms with Crippen LogP contribution in [0.3, 0.4) is 0 Å². The first kappa shape index (κ1) is 24.9. The first-order valence-electron chi connectivity index (χ1n) is 13.9. The summed E-state index contributed by atoms with van der Waals surface area (Å²) in [5.41, 5.74) is 12.7. The third-order valence-corrected chi connectivity index (χ3v) is 8.33. The number of phenolic OH excluding ortho intramolecular Hbond substituents is 1. The number of imidazole rings is 1. The summed E-state index contributed by atoms with van der Waals surface area (Å²) in [6.45, 7) is 0.378. The minimum Gasteiger partial charge on any atom is -0.507 e. The van der Waals surface area contributed by atoms with Gasteiger partial charge >= 0.3 is 0 Å². The number of aryl methyl sites for hydroxylation is 1. The van der Waals surface area contributed by atoms with Crippen molar-refractivity contribution in [3.8, 4) is 28.6 Å². The van der Waals surface area contributed by atoms with Crippen molar-refractivity contribution in [2.75, 3.05) is 5.73 Å². The summed E-state index contributed by atoms with van der Waals surface area (Å²) in [6, 6.07) is 18.4. The molecule has 1 aliphatic carbocycles. The van der Waals surface area contributed by atoms with Gasteiger partial charge in [-0.1, -0.05) is 6.07 Å². The number of aromatic hydroxyl groups is 1. The summed E-state index contributed by atoms with van der Waals surface area (Å²) in [7, 11) is 0. The number of aldehydes is 1. The molecule has 0 spiro atoms. The maximum Gasteiger partial charge on any atom is 0.255 e. The lowest BCUT2D eigenvalue weighted by atomic mass is 10.1. The number of phenols is 1. The fourth-order valence-corrected chi connectivity index (χ4v) is 6.29. The fourth-order valence-electron chi connectivity index (χ4n) is 6.29. The second-order valence-electron chi connectivity index (χ2n) is 10.7. The Bertz CT molecular complexity index is 2100. The predicted molar refractivity (Wildman–Crippen MR) is 158 cm³/mol. The number of carbonyl (C=O) groups excluding carboxylic acids is 2. The Morgan fingerprint density at radius 2 is 1.88 bits per heavy atom. The quantitative estimate of drug-likeness (QED) is 0.291. The molecule has 6 aromatic rings. The first-order valence-corrected chi connectivity index (χ1v) is 13.9. The van der Waals surface area contributed by atoms with E-state index in [-0.39, 0.29) is 23.3 Å². The highest BCUT2D eigenvalue weighted by Gasteiger charge is 2.37. The van der Waals surface area contributed by atoms with Gasteiger partial charge in [0, 0.05) is 36.4 Å². The van der Waals surface area contributed by atoms with Crippen molar-refractivity contribution in [2.24, 2.45) is 0 Å². The molecule has 0 radical (unpaired) electrons. The summed E-state index contributed by atoms with van der Waals surface area (Å²) >= 11 is 0. The van der Waals surface area contributed by atoms with Crippen LogP contribution in [0.5, 0.6) is 5.75 Å². The van der Waals surface area contributed by atoms with Crippen LogP contribution in [0.4, 0.5) is 5.82 Å². The molecule has 0 saturated heterocycles. The van der Waals surface area contributed by atoms with Crippen LogP contribution < -0.4 is 5.73 Å². The van der Waals surface area contributed by atoms with Crippen LogP contribution in [0.1, 0.15) is 49.9 Å². The van der Waals surface area contributed by atoms with Crippen LogP contribution >= 0.6 is 0 Å². The van der Waals surface area contributed by atoms with E-state index in [1.807, 2.05) is 52.1 Å². The largest absolute Gasteiger partial charge is 0.507 e. The molecule has 210 valence electrons. The number of anilines is 1. The fraction of sp³-hybridized carbons (Fsp3) is 0.125. The summed E-state index contributed by atoms with van der Waals surface area (Å²) in [5.74, 6) is 1.40. The molecule has 0 bridgehead atoms. The molecule has 0 saturated carbocycles. The van der Waals surface area contributed by atoms with Crippen LogP contribution in [0.25, 0.3) is 34.1 Å². The topological polar surface area (TPSA) is 145 Å². The van der Waals surface area contributed by atoms with Gasteiger partial charge in [0.05, 0.1) is 17.2 Å². The Morgan fingerprint density at radius 3 is 2.70 bits per heavy atom. The van der Waals surface area contributed by atoms with Gasteiger partial charge in [0.1, 0.15) is 17.1 Å². The SMILES string of the molecule is Nc1ncccc1-c1nc2ccc(-n3cccn3)nc2n1-c1ccc2c(c1)CC[C@@H]2N1Cc2cc(O)c(C=O)cc2C1=O. The van der Waals surface area contributed by atoms with Crippen molar-refractivity contribution in [3.63, 3.8) is 0 Å². The van der Waals surface area contributed by atoms with Gasteiger partial charge in [-0.25, -0.2) is 19.6 Å². The molecule has 2 aliphatic rings. The predicted octanol–water partition coefficient (Wildman–Crippen LogP) is 4.41. The summed E-state index contributed by atoms with van der Waals surface area (Å²) in [5, 5.41) is 14.5. The molecule has 4 aromatic heterocycles. The number of nitrogen functional groups attached to an aromatic ring is 1. The van der Waals surface area contributed by atoms with Crippen LogP contribution in [-0.4, -0.2) is 51.5 Å². The Morgan fingerprint density at radius 1 is 0.977 bits per heavy atom. The Hall–Kier alpha value is -5.84. The maximum atomic E-state index is 13.4. The summed E-state index contributed by atoms with van der Waals surface area (Å²) in [4.78, 5) is 40.7. The molecular weight excluding hydrogens is 544 g/mol. The van der Waals surface area contributed by atoms with Gasteiger partial charge in [-0.2, -0.15) is 5.10 Å². The molecule has 5 heterocycles. The maximum absolute atomic E-state index is 13.4. The van der Waals surface area contributed by atoms with Crippen molar-refractivity contribution in [2.45, 2.75) is 25.4 Å². The van der Waals surface area contributed by atoms with E-state index in [2.05, 4.69) is 22.2 Å². The normalized spacial score (nSPS) is 15.7. The highest BCUT2D eigenvalue weighted by molar-refractivity contribution is 6.00. The molecule has 11 nitrogen and oxygen atoms in total. The van der Waals surface area contributed by atoms with E-state index in [1.165, 1.54) is 12.1 Å². The molecule has 0 fully saturated rings. The third-order valence-electron chi connectivity index (χ3n) is 8.33.